The number of aromatic nitrogens is 1. The predicted molar refractivity (Wildman–Crippen MR) is 154 cm³/mol. The summed E-state index contributed by atoms with van der Waals surface area (Å²) in [6.07, 6.45) is 17.3. The maximum atomic E-state index is 12.6. The summed E-state index contributed by atoms with van der Waals surface area (Å²) in [6.45, 7) is 8.98. The summed E-state index contributed by atoms with van der Waals surface area (Å²) < 4.78 is 5.83. The average Bonchev–Trinajstić information content (AvgIpc) is 3.25. The molecule has 0 aliphatic carbocycles. The molecule has 37 heavy (non-hydrogen) atoms. The Morgan fingerprint density at radius 3 is 2.65 bits per heavy atom. The van der Waals surface area contributed by atoms with Crippen molar-refractivity contribution < 1.29 is 14.3 Å². The van der Waals surface area contributed by atoms with E-state index in [4.69, 9.17) is 9.72 Å². The normalized spacial score (nSPS) is 21.8. The number of aryl methyl sites for hydroxylation is 1. The van der Waals surface area contributed by atoms with E-state index in [2.05, 4.69) is 40.7 Å². The molecule has 1 N–H and O–H groups in total. The van der Waals surface area contributed by atoms with Gasteiger partial charge in [0.1, 0.15) is 6.10 Å². The highest BCUT2D eigenvalue weighted by molar-refractivity contribution is 7.09. The van der Waals surface area contributed by atoms with Crippen LogP contribution in [0.3, 0.4) is 0 Å². The number of amides is 1. The number of hydrogen-bond acceptors (Lipinski definition) is 6. The Labute approximate surface area is 226 Å². The van der Waals surface area contributed by atoms with Gasteiger partial charge in [-0.25, -0.2) is 9.78 Å². The van der Waals surface area contributed by atoms with Gasteiger partial charge < -0.3 is 15.0 Å². The standard InChI is InChI=1S/C30H43N3O3S/c1-22(16-17-33(5)6)14-15-24(3)19-27-20-29-32-26(21-37-29)11-7-8-12-28(34)31-25(4)18-23(2)10-9-13-30(35)36-27/h9-10,13-16,19,21,25,27H,7-8,11-12,17-18,20H2,1-6H3,(H,31,34)/t25-,27?/m0/s1. The van der Waals surface area contributed by atoms with Crippen LogP contribution < -0.4 is 5.32 Å². The lowest BCUT2D eigenvalue weighted by Gasteiger charge is -2.14. The second kappa shape index (κ2) is 16.2. The van der Waals surface area contributed by atoms with Crippen molar-refractivity contribution in [3.8, 4) is 0 Å². The SMILES string of the molecule is CC(C=CC(C)=CC1Cc2nc(cs2)CCCCC(=O)N[C@@H](C)CC(C)=CC=CC(=O)O1)=CCN(C)C. The van der Waals surface area contributed by atoms with Crippen molar-refractivity contribution in [1.82, 2.24) is 15.2 Å². The number of nitrogens with zero attached hydrogens (tertiary/aromatic N) is 2. The zero-order valence-electron chi connectivity index (χ0n) is 23.3. The zero-order valence-corrected chi connectivity index (χ0v) is 24.1. The maximum absolute atomic E-state index is 12.6. The molecule has 0 saturated carbocycles. The number of carbonyl (C=O) groups excluding carboxylic acids is 2. The van der Waals surface area contributed by atoms with E-state index < -0.39 is 6.10 Å². The van der Waals surface area contributed by atoms with Gasteiger partial charge >= 0.3 is 5.97 Å². The molecule has 0 fully saturated rings. The third kappa shape index (κ3) is 13.4. The Morgan fingerprint density at radius 1 is 1.16 bits per heavy atom. The Kier molecular flexibility index (Phi) is 13.3. The molecule has 0 spiro atoms. The molecule has 2 atom stereocenters. The lowest BCUT2D eigenvalue weighted by atomic mass is 10.1. The molecule has 0 saturated heterocycles. The van der Waals surface area contributed by atoms with Crippen molar-refractivity contribution in [3.63, 3.8) is 0 Å². The Hall–Kier alpha value is -2.77. The number of likely N-dealkylation sites (N-methyl/N-ethyl adjacent to an activating group) is 1. The number of carbonyl (C=O) groups is 2. The summed E-state index contributed by atoms with van der Waals surface area (Å²) in [7, 11) is 4.09. The van der Waals surface area contributed by atoms with Crippen molar-refractivity contribution in [2.75, 3.05) is 20.6 Å². The first-order chi connectivity index (χ1) is 17.6. The van der Waals surface area contributed by atoms with Crippen LogP contribution in [0.5, 0.6) is 0 Å². The van der Waals surface area contributed by atoms with Crippen molar-refractivity contribution in [2.24, 2.45) is 0 Å². The summed E-state index contributed by atoms with van der Waals surface area (Å²) in [5.74, 6) is -0.307. The van der Waals surface area contributed by atoms with Gasteiger partial charge in [0, 0.05) is 36.9 Å². The van der Waals surface area contributed by atoms with Crippen LogP contribution in [0, 0.1) is 0 Å². The third-order valence-corrected chi connectivity index (χ3v) is 6.73. The number of nitrogens with one attached hydrogen (secondary N) is 1. The summed E-state index contributed by atoms with van der Waals surface area (Å²) in [5, 5.41) is 6.06. The first-order valence-corrected chi connectivity index (χ1v) is 13.9. The molecule has 2 rings (SSSR count). The van der Waals surface area contributed by atoms with Crippen LogP contribution in [0.1, 0.15) is 64.1 Å². The van der Waals surface area contributed by atoms with Crippen LogP contribution in [0.2, 0.25) is 0 Å². The maximum Gasteiger partial charge on any atom is 0.331 e. The first kappa shape index (κ1) is 30.5. The minimum Gasteiger partial charge on any atom is -0.454 e. The Balaban J connectivity index is 2.21. The summed E-state index contributed by atoms with van der Waals surface area (Å²) in [4.78, 5) is 31.8. The van der Waals surface area contributed by atoms with Crippen LogP contribution in [-0.2, 0) is 27.2 Å². The lowest BCUT2D eigenvalue weighted by Crippen LogP contribution is -2.32. The number of hydrogen-bond donors (Lipinski definition) is 1. The Morgan fingerprint density at radius 2 is 1.89 bits per heavy atom. The van der Waals surface area contributed by atoms with Crippen LogP contribution in [0.25, 0.3) is 0 Å². The zero-order chi connectivity index (χ0) is 27.2. The van der Waals surface area contributed by atoms with Crippen LogP contribution in [-0.4, -0.2) is 54.5 Å². The summed E-state index contributed by atoms with van der Waals surface area (Å²) in [5.41, 5.74) is 4.31. The van der Waals surface area contributed by atoms with E-state index >= 15 is 0 Å². The monoisotopic (exact) mass is 525 g/mol. The fourth-order valence-electron chi connectivity index (χ4n) is 3.89. The molecule has 202 valence electrons. The molecule has 1 unspecified atom stereocenters. The molecule has 6 nitrogen and oxygen atoms in total. The topological polar surface area (TPSA) is 71.5 Å². The van der Waals surface area contributed by atoms with Crippen LogP contribution in [0.4, 0.5) is 0 Å². The van der Waals surface area contributed by atoms with Gasteiger partial charge in [-0.15, -0.1) is 11.3 Å². The Bertz CT molecular complexity index is 1050. The number of allylic oxidation sites excluding steroid dienone is 6. The van der Waals surface area contributed by atoms with Gasteiger partial charge in [-0.3, -0.25) is 4.79 Å². The van der Waals surface area contributed by atoms with E-state index in [1.165, 1.54) is 11.6 Å². The van der Waals surface area contributed by atoms with Crippen molar-refractivity contribution >= 4 is 23.2 Å². The summed E-state index contributed by atoms with van der Waals surface area (Å²) >= 11 is 1.59. The molecule has 1 aromatic rings. The highest BCUT2D eigenvalue weighted by Gasteiger charge is 2.15. The van der Waals surface area contributed by atoms with E-state index in [9.17, 15) is 9.59 Å². The highest BCUT2D eigenvalue weighted by atomic mass is 32.1. The summed E-state index contributed by atoms with van der Waals surface area (Å²) in [6, 6.07) is 0.0409. The fourth-order valence-corrected chi connectivity index (χ4v) is 4.76. The third-order valence-electron chi connectivity index (χ3n) is 5.81. The van der Waals surface area contributed by atoms with Gasteiger partial charge in [0.05, 0.1) is 10.7 Å². The smallest absolute Gasteiger partial charge is 0.331 e. The van der Waals surface area contributed by atoms with Gasteiger partial charge in [0.2, 0.25) is 5.91 Å². The molecule has 0 radical (unpaired) electrons. The molecule has 2 heterocycles. The van der Waals surface area contributed by atoms with E-state index in [1.54, 1.807) is 17.4 Å². The number of esters is 1. The molecular formula is C30H43N3O3S. The van der Waals surface area contributed by atoms with Crippen molar-refractivity contribution in [1.29, 1.82) is 0 Å². The van der Waals surface area contributed by atoms with Crippen molar-refractivity contribution in [3.05, 3.63) is 75.3 Å². The van der Waals surface area contributed by atoms with Gasteiger partial charge in [0.25, 0.3) is 0 Å². The molecule has 1 amide bonds. The number of rotatable bonds is 5. The number of fused-ring (bicyclic) bond motifs is 2. The lowest BCUT2D eigenvalue weighted by molar-refractivity contribution is -0.140. The first-order valence-electron chi connectivity index (χ1n) is 13.1. The largest absolute Gasteiger partial charge is 0.454 e. The number of cyclic esters (lactones) is 1. The van der Waals surface area contributed by atoms with Gasteiger partial charge in [-0.1, -0.05) is 47.1 Å². The van der Waals surface area contributed by atoms with Crippen molar-refractivity contribution in [2.45, 2.75) is 78.4 Å². The number of ether oxygens (including phenoxy) is 1. The van der Waals surface area contributed by atoms with Crippen LogP contribution >= 0.6 is 11.3 Å². The minimum absolute atomic E-state index is 0.0409. The fraction of sp³-hybridized carbons (Fsp3) is 0.500. The average molecular weight is 526 g/mol. The predicted octanol–water partition coefficient (Wildman–Crippen LogP) is 5.73. The highest BCUT2D eigenvalue weighted by Crippen LogP contribution is 2.18. The molecule has 0 aromatic carbocycles. The second-order valence-electron chi connectivity index (χ2n) is 10.1. The van der Waals surface area contributed by atoms with E-state index in [0.717, 1.165) is 54.1 Å². The van der Waals surface area contributed by atoms with Gasteiger partial charge in [-0.2, -0.15) is 0 Å². The quantitative estimate of drug-likeness (QED) is 0.393. The van der Waals surface area contributed by atoms with Crippen LogP contribution in [0.15, 0.2) is 64.6 Å². The molecule has 2 bridgehead atoms. The van der Waals surface area contributed by atoms with Gasteiger partial charge in [0.15, 0.2) is 0 Å². The molecule has 1 aliphatic heterocycles. The van der Waals surface area contributed by atoms with E-state index in [-0.39, 0.29) is 17.9 Å². The molecule has 1 aromatic heterocycles. The molecular weight excluding hydrogens is 482 g/mol. The second-order valence-corrected chi connectivity index (χ2v) is 11.1. The van der Waals surface area contributed by atoms with Gasteiger partial charge in [-0.05, 0) is 73.5 Å². The minimum atomic E-state index is -0.416. The van der Waals surface area contributed by atoms with E-state index in [0.29, 0.717) is 12.8 Å². The number of thiazole rings is 1. The van der Waals surface area contributed by atoms with E-state index in [1.807, 2.05) is 47.0 Å². The molecule has 1 aliphatic rings. The molecule has 7 heteroatoms.